The van der Waals surface area contributed by atoms with E-state index in [4.69, 9.17) is 4.74 Å². The number of carbonyl (C=O) groups excluding carboxylic acids is 3. The molecule has 8 heteroatoms. The number of hydrogen-bond acceptors (Lipinski definition) is 8. The van der Waals surface area contributed by atoms with Gasteiger partial charge in [-0.15, -0.1) is 0 Å². The van der Waals surface area contributed by atoms with Gasteiger partial charge in [0.2, 0.25) is 0 Å². The summed E-state index contributed by atoms with van der Waals surface area (Å²) in [6.07, 6.45) is 8.93. The number of aliphatic hydroxyl groups is 3. The average Bonchev–Trinajstić information content (AvgIpc) is 2.89. The van der Waals surface area contributed by atoms with Crippen molar-refractivity contribution >= 4 is 18.5 Å². The predicted octanol–water partition coefficient (Wildman–Crippen LogP) is 4.20. The number of pyridine rings is 1. The molecule has 216 valence electrons. The number of aromatic nitrogens is 1. The standard InChI is InChI=1S/C31H45NO7/c1-21(9-7-10-23(3)28-11-8-12-29(32-28)24(4)19-34)27(20-35)22(2)13-14-30(39-25(5)36)31(6,38)17-15-26(37)16-18-33/h7-14,18,20,22-24,26-27,30,34,37-38H,15-17,19H2,1-6H3/b10-7+,14-13+,21-9+/t22-,23?,24-,26-,27+,30-,31-/m0/s1. The minimum absolute atomic E-state index is 0.0312. The van der Waals surface area contributed by atoms with Crippen LogP contribution in [0, 0.1) is 11.8 Å². The number of aldehydes is 2. The maximum absolute atomic E-state index is 12.0. The second-order valence-corrected chi connectivity index (χ2v) is 10.5. The van der Waals surface area contributed by atoms with E-state index in [2.05, 4.69) is 4.98 Å². The molecule has 0 amide bonds. The van der Waals surface area contributed by atoms with Crippen molar-refractivity contribution in [3.8, 4) is 0 Å². The van der Waals surface area contributed by atoms with Crippen molar-refractivity contribution in [3.63, 3.8) is 0 Å². The van der Waals surface area contributed by atoms with Gasteiger partial charge in [-0.05, 0) is 50.8 Å². The average molecular weight is 544 g/mol. The first kappa shape index (κ1) is 34.1. The van der Waals surface area contributed by atoms with E-state index in [1.807, 2.05) is 64.1 Å². The fourth-order valence-electron chi connectivity index (χ4n) is 4.10. The van der Waals surface area contributed by atoms with E-state index >= 15 is 0 Å². The zero-order valence-electron chi connectivity index (χ0n) is 24.0. The molecular formula is C31H45NO7. The van der Waals surface area contributed by atoms with Crippen LogP contribution in [0.4, 0.5) is 0 Å². The van der Waals surface area contributed by atoms with Crippen LogP contribution in [0.2, 0.25) is 0 Å². The zero-order chi connectivity index (χ0) is 29.6. The lowest BCUT2D eigenvalue weighted by Gasteiger charge is -2.31. The Labute approximate surface area is 232 Å². The molecule has 0 bridgehead atoms. The number of aliphatic hydroxyl groups excluding tert-OH is 2. The maximum Gasteiger partial charge on any atom is 0.303 e. The highest BCUT2D eigenvalue weighted by Crippen LogP contribution is 2.26. The quantitative estimate of drug-likeness (QED) is 0.115. The monoisotopic (exact) mass is 543 g/mol. The highest BCUT2D eigenvalue weighted by atomic mass is 16.6. The van der Waals surface area contributed by atoms with E-state index in [0.717, 1.165) is 23.2 Å². The van der Waals surface area contributed by atoms with Crippen LogP contribution in [0.25, 0.3) is 0 Å². The van der Waals surface area contributed by atoms with Crippen LogP contribution in [0.5, 0.6) is 0 Å². The number of rotatable bonds is 17. The van der Waals surface area contributed by atoms with Gasteiger partial charge in [0.25, 0.3) is 0 Å². The largest absolute Gasteiger partial charge is 0.455 e. The van der Waals surface area contributed by atoms with Crippen LogP contribution in [0.3, 0.4) is 0 Å². The lowest BCUT2D eigenvalue weighted by Crippen LogP contribution is -2.41. The summed E-state index contributed by atoms with van der Waals surface area (Å²) in [4.78, 5) is 38.9. The molecule has 0 radical (unpaired) electrons. The Bertz CT molecular complexity index is 1010. The van der Waals surface area contributed by atoms with Crippen LogP contribution in [-0.2, 0) is 19.1 Å². The molecule has 0 spiro atoms. The van der Waals surface area contributed by atoms with Crippen LogP contribution in [0.15, 0.2) is 54.2 Å². The molecule has 0 saturated carbocycles. The molecule has 7 atom stereocenters. The van der Waals surface area contributed by atoms with Gasteiger partial charge in [-0.25, -0.2) is 0 Å². The first-order valence-electron chi connectivity index (χ1n) is 13.4. The predicted molar refractivity (Wildman–Crippen MR) is 151 cm³/mol. The van der Waals surface area contributed by atoms with Gasteiger partial charge >= 0.3 is 5.97 Å². The van der Waals surface area contributed by atoms with Gasteiger partial charge in [-0.2, -0.15) is 0 Å². The van der Waals surface area contributed by atoms with Crippen LogP contribution < -0.4 is 0 Å². The minimum Gasteiger partial charge on any atom is -0.455 e. The highest BCUT2D eigenvalue weighted by molar-refractivity contribution is 5.66. The molecule has 0 aliphatic rings. The Morgan fingerprint density at radius 1 is 1.10 bits per heavy atom. The van der Waals surface area contributed by atoms with Crippen LogP contribution in [0.1, 0.15) is 84.0 Å². The molecule has 1 rings (SSSR count). The van der Waals surface area contributed by atoms with Gasteiger partial charge in [0.05, 0.1) is 12.7 Å². The molecule has 0 fully saturated rings. The molecular weight excluding hydrogens is 498 g/mol. The third kappa shape index (κ3) is 11.8. The summed E-state index contributed by atoms with van der Waals surface area (Å²) in [6, 6.07) is 5.77. The molecule has 8 nitrogen and oxygen atoms in total. The second kappa shape index (κ2) is 16.9. The fraction of sp³-hybridized carbons (Fsp3) is 0.548. The number of hydrogen-bond donors (Lipinski definition) is 3. The lowest BCUT2D eigenvalue weighted by molar-refractivity contribution is -0.156. The molecule has 1 aromatic heterocycles. The maximum atomic E-state index is 12.0. The van der Waals surface area contributed by atoms with Gasteiger partial charge in [0.1, 0.15) is 24.3 Å². The summed E-state index contributed by atoms with van der Waals surface area (Å²) in [5, 5.41) is 30.2. The topological polar surface area (TPSA) is 134 Å². The third-order valence-corrected chi connectivity index (χ3v) is 6.88. The molecule has 0 aromatic carbocycles. The van der Waals surface area contributed by atoms with Crippen molar-refractivity contribution in [2.45, 2.75) is 90.4 Å². The molecule has 39 heavy (non-hydrogen) atoms. The highest BCUT2D eigenvalue weighted by Gasteiger charge is 2.33. The van der Waals surface area contributed by atoms with Gasteiger partial charge in [0.15, 0.2) is 0 Å². The molecule has 1 heterocycles. The summed E-state index contributed by atoms with van der Waals surface area (Å²) in [7, 11) is 0. The summed E-state index contributed by atoms with van der Waals surface area (Å²) in [5.41, 5.74) is 1.09. The van der Waals surface area contributed by atoms with E-state index in [0.29, 0.717) is 6.29 Å². The number of allylic oxidation sites excluding steroid dienone is 5. The minimum atomic E-state index is -1.48. The van der Waals surface area contributed by atoms with Crippen molar-refractivity contribution in [2.24, 2.45) is 11.8 Å². The molecule has 1 aromatic rings. The van der Waals surface area contributed by atoms with Gasteiger partial charge in [-0.3, -0.25) is 9.78 Å². The van der Waals surface area contributed by atoms with Crippen LogP contribution in [-0.4, -0.2) is 63.3 Å². The Balaban J connectivity index is 2.97. The zero-order valence-corrected chi connectivity index (χ0v) is 24.0. The van der Waals surface area contributed by atoms with Crippen molar-refractivity contribution in [1.82, 2.24) is 4.98 Å². The fourth-order valence-corrected chi connectivity index (χ4v) is 4.10. The van der Waals surface area contributed by atoms with E-state index in [1.54, 1.807) is 12.2 Å². The van der Waals surface area contributed by atoms with E-state index in [1.165, 1.54) is 13.8 Å². The van der Waals surface area contributed by atoms with Gasteiger partial charge in [0, 0.05) is 42.5 Å². The molecule has 0 saturated heterocycles. The van der Waals surface area contributed by atoms with Crippen molar-refractivity contribution in [2.75, 3.05) is 6.61 Å². The molecule has 0 aliphatic heterocycles. The number of ether oxygens (including phenoxy) is 1. The third-order valence-electron chi connectivity index (χ3n) is 6.88. The smallest absolute Gasteiger partial charge is 0.303 e. The van der Waals surface area contributed by atoms with Crippen molar-refractivity contribution < 1.29 is 34.4 Å². The first-order chi connectivity index (χ1) is 18.4. The SMILES string of the molecule is CC(=O)O[C@@H](/C=C/[C@H](C)[C@H](C=O)/C(C)=C/C=C/C(C)c1cccc([C@@H](C)CO)n1)[C@@](C)(O)CC[C@H](O)CC=O. The Morgan fingerprint density at radius 3 is 2.36 bits per heavy atom. The van der Waals surface area contributed by atoms with Crippen LogP contribution >= 0.6 is 0 Å². The van der Waals surface area contributed by atoms with E-state index in [-0.39, 0.29) is 43.6 Å². The van der Waals surface area contributed by atoms with Crippen molar-refractivity contribution in [3.05, 3.63) is 65.5 Å². The van der Waals surface area contributed by atoms with Gasteiger partial charge in [-0.1, -0.05) is 56.7 Å². The van der Waals surface area contributed by atoms with E-state index < -0.39 is 29.7 Å². The number of nitrogens with zero attached hydrogens (tertiary/aromatic N) is 1. The van der Waals surface area contributed by atoms with E-state index in [9.17, 15) is 29.7 Å². The molecule has 3 N–H and O–H groups in total. The normalized spacial score (nSPS) is 18.6. The molecule has 1 unspecified atom stereocenters. The first-order valence-corrected chi connectivity index (χ1v) is 13.4. The number of esters is 1. The Kier molecular flexibility index (Phi) is 14.8. The summed E-state index contributed by atoms with van der Waals surface area (Å²) in [6.45, 7) is 10.5. The summed E-state index contributed by atoms with van der Waals surface area (Å²) >= 11 is 0. The second-order valence-electron chi connectivity index (χ2n) is 10.5. The Hall–Kier alpha value is -2.94. The molecule has 0 aliphatic carbocycles. The van der Waals surface area contributed by atoms with Gasteiger partial charge < -0.3 is 29.6 Å². The summed E-state index contributed by atoms with van der Waals surface area (Å²) < 4.78 is 5.33. The lowest BCUT2D eigenvalue weighted by atomic mass is 9.86. The Morgan fingerprint density at radius 2 is 1.77 bits per heavy atom. The van der Waals surface area contributed by atoms with Crippen molar-refractivity contribution in [1.29, 1.82) is 0 Å². The number of carbonyl (C=O) groups is 3. The summed E-state index contributed by atoms with van der Waals surface area (Å²) in [5.74, 6) is -1.27.